The van der Waals surface area contributed by atoms with Crippen molar-refractivity contribution in [2.24, 2.45) is 0 Å². The Morgan fingerprint density at radius 1 is 1.14 bits per heavy atom. The number of aliphatic hydroxyl groups excluding tert-OH is 1. The molecule has 1 atom stereocenters. The number of aromatic nitrogens is 1. The fourth-order valence-electron chi connectivity index (χ4n) is 4.12. The van der Waals surface area contributed by atoms with Crippen molar-refractivity contribution in [1.29, 1.82) is 0 Å². The number of hydrogen-bond donors (Lipinski definition) is 1. The number of aliphatic hydroxyl groups is 1. The van der Waals surface area contributed by atoms with Gasteiger partial charge in [-0.15, -0.1) is 0 Å². The first-order chi connectivity index (χ1) is 16.7. The second kappa shape index (κ2) is 9.98. The predicted octanol–water partition coefficient (Wildman–Crippen LogP) is 5.08. The van der Waals surface area contributed by atoms with Gasteiger partial charge in [0.05, 0.1) is 29.3 Å². The fourth-order valence-corrected chi connectivity index (χ4v) is 4.69. The molecule has 2 aromatic carbocycles. The van der Waals surface area contributed by atoms with Gasteiger partial charge in [-0.25, -0.2) is 0 Å². The van der Waals surface area contributed by atoms with Gasteiger partial charge in [-0.05, 0) is 41.5 Å². The monoisotopic (exact) mass is 511 g/mol. The Morgan fingerprint density at radius 3 is 2.46 bits per heavy atom. The van der Waals surface area contributed by atoms with Crippen molar-refractivity contribution in [3.8, 4) is 5.75 Å². The van der Waals surface area contributed by atoms with Crippen LogP contribution in [0.2, 0.25) is 10.0 Å². The summed E-state index contributed by atoms with van der Waals surface area (Å²) in [4.78, 5) is 34.0. The summed E-state index contributed by atoms with van der Waals surface area (Å²) in [5.41, 5.74) is 2.40. The van der Waals surface area contributed by atoms with E-state index in [1.807, 2.05) is 49.3 Å². The first kappa shape index (κ1) is 24.6. The van der Waals surface area contributed by atoms with E-state index in [1.165, 1.54) is 24.1 Å². The van der Waals surface area contributed by atoms with E-state index in [4.69, 9.17) is 27.9 Å². The van der Waals surface area contributed by atoms with Crippen molar-refractivity contribution in [1.82, 2.24) is 9.88 Å². The normalized spacial score (nSPS) is 17.1. The molecule has 9 heteroatoms. The molecular weight excluding hydrogens is 489 g/mol. The number of likely N-dealkylation sites (tertiary alicyclic amines) is 1. The molecule has 35 heavy (non-hydrogen) atoms. The number of carbonyl (C=O) groups is 2. The van der Waals surface area contributed by atoms with E-state index in [0.29, 0.717) is 5.56 Å². The van der Waals surface area contributed by atoms with Crippen LogP contribution in [-0.2, 0) is 16.1 Å². The van der Waals surface area contributed by atoms with E-state index >= 15 is 0 Å². The van der Waals surface area contributed by atoms with Gasteiger partial charge in [-0.1, -0.05) is 41.4 Å². The SMILES string of the molecule is COc1c(Cl)cc(Cl)cc1/C(O)=C1\C(=O)C(=O)N(Cc2cccnc2)C1c1ccc(N(C)C)cc1. The highest BCUT2D eigenvalue weighted by molar-refractivity contribution is 6.46. The van der Waals surface area contributed by atoms with E-state index in [0.717, 1.165) is 11.3 Å². The van der Waals surface area contributed by atoms with Crippen molar-refractivity contribution in [3.05, 3.63) is 93.2 Å². The zero-order valence-corrected chi connectivity index (χ0v) is 20.8. The van der Waals surface area contributed by atoms with Gasteiger partial charge in [0.15, 0.2) is 0 Å². The Bertz CT molecular complexity index is 1310. The minimum atomic E-state index is -0.853. The third kappa shape index (κ3) is 4.70. The summed E-state index contributed by atoms with van der Waals surface area (Å²) in [6, 6.07) is 13.1. The van der Waals surface area contributed by atoms with Crippen LogP contribution in [0.5, 0.6) is 5.75 Å². The van der Waals surface area contributed by atoms with Gasteiger partial charge in [-0.3, -0.25) is 14.6 Å². The van der Waals surface area contributed by atoms with Crippen LogP contribution < -0.4 is 9.64 Å². The Morgan fingerprint density at radius 2 is 1.86 bits per heavy atom. The summed E-state index contributed by atoms with van der Waals surface area (Å²) in [7, 11) is 5.22. The molecule has 7 nitrogen and oxygen atoms in total. The lowest BCUT2D eigenvalue weighted by Gasteiger charge is -2.26. The largest absolute Gasteiger partial charge is 0.507 e. The predicted molar refractivity (Wildman–Crippen MR) is 136 cm³/mol. The van der Waals surface area contributed by atoms with Gasteiger partial charge in [0.1, 0.15) is 11.5 Å². The van der Waals surface area contributed by atoms with E-state index in [1.54, 1.807) is 18.5 Å². The maximum Gasteiger partial charge on any atom is 0.295 e. The quantitative estimate of drug-likeness (QED) is 0.282. The zero-order chi connectivity index (χ0) is 25.3. The summed E-state index contributed by atoms with van der Waals surface area (Å²) in [6.07, 6.45) is 3.26. The van der Waals surface area contributed by atoms with Gasteiger partial charge in [-0.2, -0.15) is 0 Å². The van der Waals surface area contributed by atoms with Crippen molar-refractivity contribution in [3.63, 3.8) is 0 Å². The van der Waals surface area contributed by atoms with Crippen LogP contribution in [0.25, 0.3) is 5.76 Å². The van der Waals surface area contributed by atoms with E-state index < -0.39 is 23.5 Å². The molecule has 1 aliphatic rings. The molecule has 1 aliphatic heterocycles. The molecular formula is C26H23Cl2N3O4. The molecule has 0 spiro atoms. The smallest absolute Gasteiger partial charge is 0.295 e. The molecule has 0 radical (unpaired) electrons. The summed E-state index contributed by atoms with van der Waals surface area (Å²) in [5, 5.41) is 11.8. The Kier molecular flexibility index (Phi) is 7.00. The number of ketones is 1. The van der Waals surface area contributed by atoms with Crippen LogP contribution in [0, 0.1) is 0 Å². The van der Waals surface area contributed by atoms with Crippen molar-refractivity contribution in [2.45, 2.75) is 12.6 Å². The van der Waals surface area contributed by atoms with Crippen LogP contribution >= 0.6 is 23.2 Å². The van der Waals surface area contributed by atoms with Gasteiger partial charge < -0.3 is 19.6 Å². The first-order valence-electron chi connectivity index (χ1n) is 10.7. The maximum absolute atomic E-state index is 13.3. The summed E-state index contributed by atoms with van der Waals surface area (Å²) in [5.74, 6) is -1.82. The molecule has 1 fully saturated rings. The van der Waals surface area contributed by atoms with Crippen molar-refractivity contribution >= 4 is 46.3 Å². The van der Waals surface area contributed by atoms with Gasteiger partial charge in [0.25, 0.3) is 11.7 Å². The van der Waals surface area contributed by atoms with Gasteiger partial charge in [0.2, 0.25) is 0 Å². The summed E-state index contributed by atoms with van der Waals surface area (Å²) >= 11 is 12.5. The van der Waals surface area contributed by atoms with E-state index in [9.17, 15) is 14.7 Å². The minimum Gasteiger partial charge on any atom is -0.507 e. The van der Waals surface area contributed by atoms with E-state index in [2.05, 4.69) is 4.98 Å². The number of anilines is 1. The summed E-state index contributed by atoms with van der Waals surface area (Å²) < 4.78 is 5.37. The average molecular weight is 512 g/mol. The highest BCUT2D eigenvalue weighted by Crippen LogP contribution is 2.44. The molecule has 3 aromatic rings. The number of rotatable bonds is 6. The Hall–Kier alpha value is -3.55. The summed E-state index contributed by atoms with van der Waals surface area (Å²) in [6.45, 7) is 0.128. The number of halogens is 2. The highest BCUT2D eigenvalue weighted by atomic mass is 35.5. The number of hydrogen-bond acceptors (Lipinski definition) is 6. The number of benzene rings is 2. The number of amides is 1. The molecule has 2 heterocycles. The lowest BCUT2D eigenvalue weighted by molar-refractivity contribution is -0.140. The molecule has 0 aliphatic carbocycles. The lowest BCUT2D eigenvalue weighted by atomic mass is 9.94. The van der Waals surface area contributed by atoms with Crippen LogP contribution in [0.1, 0.15) is 22.7 Å². The highest BCUT2D eigenvalue weighted by Gasteiger charge is 2.46. The molecule has 1 amide bonds. The fraction of sp³-hybridized carbons (Fsp3) is 0.192. The third-order valence-corrected chi connectivity index (χ3v) is 6.31. The number of carbonyl (C=O) groups excluding carboxylic acids is 2. The number of nitrogens with zero attached hydrogens (tertiary/aromatic N) is 3. The van der Waals surface area contributed by atoms with Crippen molar-refractivity contribution in [2.75, 3.05) is 26.1 Å². The molecule has 1 unspecified atom stereocenters. The van der Waals surface area contributed by atoms with Crippen molar-refractivity contribution < 1.29 is 19.4 Å². The van der Waals surface area contributed by atoms with Crippen LogP contribution in [0.3, 0.4) is 0 Å². The molecule has 4 rings (SSSR count). The molecule has 0 bridgehead atoms. The number of Topliss-reactive ketones (excluding diaryl/α,β-unsaturated/α-hetero) is 1. The Labute approximate surface area is 213 Å². The second-order valence-corrected chi connectivity index (χ2v) is 9.09. The average Bonchev–Trinajstić information content (AvgIpc) is 3.08. The van der Waals surface area contributed by atoms with Gasteiger partial charge >= 0.3 is 0 Å². The molecule has 180 valence electrons. The van der Waals surface area contributed by atoms with Crippen LogP contribution in [0.15, 0.2) is 66.5 Å². The minimum absolute atomic E-state index is 0.0758. The topological polar surface area (TPSA) is 83.0 Å². The van der Waals surface area contributed by atoms with Gasteiger partial charge in [0, 0.05) is 43.7 Å². The van der Waals surface area contributed by atoms with Crippen LogP contribution in [0.4, 0.5) is 5.69 Å². The molecule has 1 aromatic heterocycles. The third-order valence-electron chi connectivity index (χ3n) is 5.81. The standard InChI is InChI=1S/C26H23Cl2N3O4/c1-30(2)18-8-6-16(7-9-18)22-21(23(32)19-11-17(27)12-20(28)25(19)35-3)24(33)26(34)31(22)14-15-5-4-10-29-13-15/h4-13,22,32H,14H2,1-3H3/b23-21+. The molecule has 1 N–H and O–H groups in total. The second-order valence-electron chi connectivity index (χ2n) is 8.24. The molecule has 1 saturated heterocycles. The number of pyridine rings is 1. The Balaban J connectivity index is 1.92. The maximum atomic E-state index is 13.3. The molecule has 0 saturated carbocycles. The number of ether oxygens (including phenoxy) is 1. The number of methoxy groups -OCH3 is 1. The zero-order valence-electron chi connectivity index (χ0n) is 19.3. The lowest BCUT2D eigenvalue weighted by Crippen LogP contribution is -2.29. The van der Waals surface area contributed by atoms with E-state index in [-0.39, 0.29) is 33.5 Å². The van der Waals surface area contributed by atoms with Crippen LogP contribution in [-0.4, -0.2) is 47.9 Å². The first-order valence-corrected chi connectivity index (χ1v) is 11.5.